The van der Waals surface area contributed by atoms with Gasteiger partial charge in [-0.15, -0.1) is 0 Å². The Kier molecular flexibility index (Phi) is 2.84. The van der Waals surface area contributed by atoms with E-state index in [-0.39, 0.29) is 0 Å². The van der Waals surface area contributed by atoms with E-state index in [1.165, 1.54) is 5.56 Å². The van der Waals surface area contributed by atoms with Gasteiger partial charge in [-0.3, -0.25) is 0 Å². The topological polar surface area (TPSA) is 9.23 Å². The Morgan fingerprint density at radius 3 is 2.36 bits per heavy atom. The van der Waals surface area contributed by atoms with Gasteiger partial charge < -0.3 is 4.74 Å². The number of hydrogen-bond donors (Lipinski definition) is 0. The zero-order valence-corrected chi connectivity index (χ0v) is 7.00. The fourth-order valence-corrected chi connectivity index (χ4v) is 0.997. The average Bonchev–Trinajstić information content (AvgIpc) is 2.07. The Hall–Kier alpha value is -1.11. The predicted molar refractivity (Wildman–Crippen MR) is 46.7 cm³/mol. The zero-order valence-electron chi connectivity index (χ0n) is 7.00. The molecule has 0 saturated heterocycles. The van der Waals surface area contributed by atoms with E-state index in [0.717, 1.165) is 12.2 Å². The molecular weight excluding hydrogens is 136 g/mol. The second-order valence-corrected chi connectivity index (χ2v) is 2.46. The van der Waals surface area contributed by atoms with Crippen LogP contribution in [-0.2, 0) is 6.42 Å². The lowest BCUT2D eigenvalue weighted by Crippen LogP contribution is -1.85. The van der Waals surface area contributed by atoms with E-state index in [4.69, 9.17) is 4.74 Å². The molecule has 0 spiro atoms. The number of ether oxygens (including phenoxy) is 1. The van der Waals surface area contributed by atoms with Gasteiger partial charge in [0.05, 0.1) is 20.5 Å². The molecule has 0 saturated carbocycles. The molecule has 0 atom stereocenters. The monoisotopic (exact) mass is 149 g/mol. The summed E-state index contributed by atoms with van der Waals surface area (Å²) in [4.78, 5) is 0. The third kappa shape index (κ3) is 2.19. The van der Waals surface area contributed by atoms with Crippen LogP contribution in [0.2, 0.25) is 0 Å². The van der Waals surface area contributed by atoms with Crippen LogP contribution in [0.4, 0.5) is 0 Å². The Balaban J connectivity index is 2.66. The van der Waals surface area contributed by atoms with Gasteiger partial charge in [0.2, 0.25) is 0 Å². The summed E-state index contributed by atoms with van der Waals surface area (Å²) < 4.78 is 5.04. The van der Waals surface area contributed by atoms with Crippen molar-refractivity contribution in [3.05, 3.63) is 36.2 Å². The SMILES string of the molecule is C[CH+]Cc1ccc(OC)cc1. The van der Waals surface area contributed by atoms with Gasteiger partial charge >= 0.3 is 0 Å². The normalized spacial score (nSPS) is 9.27. The molecule has 0 bridgehead atoms. The summed E-state index contributed by atoms with van der Waals surface area (Å²) in [6.45, 7) is 2.06. The first-order valence-electron chi connectivity index (χ1n) is 3.77. The molecular formula is C10H13O+. The van der Waals surface area contributed by atoms with Crippen LogP contribution in [0.3, 0.4) is 0 Å². The second kappa shape index (κ2) is 3.91. The van der Waals surface area contributed by atoms with Gasteiger partial charge in [-0.25, -0.2) is 0 Å². The summed E-state index contributed by atoms with van der Waals surface area (Å²) in [5.41, 5.74) is 1.33. The first-order chi connectivity index (χ1) is 5.36. The van der Waals surface area contributed by atoms with Crippen LogP contribution in [0.25, 0.3) is 0 Å². The van der Waals surface area contributed by atoms with Gasteiger partial charge in [0.15, 0.2) is 0 Å². The van der Waals surface area contributed by atoms with Crippen molar-refractivity contribution >= 4 is 0 Å². The van der Waals surface area contributed by atoms with Crippen molar-refractivity contribution in [1.29, 1.82) is 0 Å². The van der Waals surface area contributed by atoms with Crippen LogP contribution in [0.5, 0.6) is 5.75 Å². The summed E-state index contributed by atoms with van der Waals surface area (Å²) in [6, 6.07) is 8.13. The predicted octanol–water partition coefficient (Wildman–Crippen LogP) is 2.46. The Labute approximate surface area is 68.0 Å². The number of rotatable bonds is 3. The highest BCUT2D eigenvalue weighted by Crippen LogP contribution is 2.11. The van der Waals surface area contributed by atoms with Crippen LogP contribution in [0.1, 0.15) is 12.5 Å². The summed E-state index contributed by atoms with van der Waals surface area (Å²) >= 11 is 0. The third-order valence-electron chi connectivity index (χ3n) is 1.60. The Morgan fingerprint density at radius 1 is 1.27 bits per heavy atom. The summed E-state index contributed by atoms with van der Waals surface area (Å²) in [5, 5.41) is 0. The minimum Gasteiger partial charge on any atom is -0.497 e. The molecule has 1 heteroatoms. The minimum absolute atomic E-state index is 0.921. The molecule has 58 valence electrons. The van der Waals surface area contributed by atoms with Crippen molar-refractivity contribution < 1.29 is 4.74 Å². The maximum absolute atomic E-state index is 5.04. The lowest BCUT2D eigenvalue weighted by Gasteiger charge is -1.98. The van der Waals surface area contributed by atoms with E-state index < -0.39 is 0 Å². The van der Waals surface area contributed by atoms with Gasteiger partial charge in [-0.1, -0.05) is 12.1 Å². The van der Waals surface area contributed by atoms with Crippen molar-refractivity contribution in [3.8, 4) is 5.75 Å². The summed E-state index contributed by atoms with van der Waals surface area (Å²) in [6.07, 6.45) is 3.17. The smallest absolute Gasteiger partial charge is 0.118 e. The fraction of sp³-hybridized carbons (Fsp3) is 0.300. The van der Waals surface area contributed by atoms with Crippen molar-refractivity contribution in [2.24, 2.45) is 0 Å². The average molecular weight is 149 g/mol. The van der Waals surface area contributed by atoms with Crippen LogP contribution in [-0.4, -0.2) is 7.11 Å². The maximum atomic E-state index is 5.04. The molecule has 0 heterocycles. The van der Waals surface area contributed by atoms with Gasteiger partial charge in [0, 0.05) is 0 Å². The molecule has 0 radical (unpaired) electrons. The van der Waals surface area contributed by atoms with Gasteiger partial charge in [-0.2, -0.15) is 0 Å². The van der Waals surface area contributed by atoms with Crippen molar-refractivity contribution in [3.63, 3.8) is 0 Å². The zero-order chi connectivity index (χ0) is 8.10. The standard InChI is InChI=1S/C10H13O/c1-3-4-9-5-7-10(11-2)8-6-9/h3,5-8H,4H2,1-2H3/q+1. The van der Waals surface area contributed by atoms with Gasteiger partial charge in [-0.05, 0) is 17.7 Å². The fourth-order valence-electron chi connectivity index (χ4n) is 0.997. The van der Waals surface area contributed by atoms with Crippen molar-refractivity contribution in [2.45, 2.75) is 13.3 Å². The number of benzene rings is 1. The van der Waals surface area contributed by atoms with E-state index in [1.54, 1.807) is 7.11 Å². The molecule has 0 fully saturated rings. The lowest BCUT2D eigenvalue weighted by molar-refractivity contribution is 0.414. The lowest BCUT2D eigenvalue weighted by atomic mass is 10.1. The van der Waals surface area contributed by atoms with Crippen LogP contribution in [0.15, 0.2) is 24.3 Å². The Bertz CT molecular complexity index is 201. The molecule has 0 aromatic heterocycles. The molecule has 0 amide bonds. The van der Waals surface area contributed by atoms with Crippen LogP contribution < -0.4 is 4.74 Å². The maximum Gasteiger partial charge on any atom is 0.118 e. The number of hydrogen-bond acceptors (Lipinski definition) is 1. The van der Waals surface area contributed by atoms with Gasteiger partial charge in [0.1, 0.15) is 12.2 Å². The first kappa shape index (κ1) is 7.99. The highest BCUT2D eigenvalue weighted by Gasteiger charge is 1.95. The molecule has 1 aromatic rings. The minimum atomic E-state index is 0.921. The summed E-state index contributed by atoms with van der Waals surface area (Å²) in [5.74, 6) is 0.921. The Morgan fingerprint density at radius 2 is 1.91 bits per heavy atom. The van der Waals surface area contributed by atoms with E-state index >= 15 is 0 Å². The molecule has 1 nitrogen and oxygen atoms in total. The molecule has 0 unspecified atom stereocenters. The number of methoxy groups -OCH3 is 1. The van der Waals surface area contributed by atoms with E-state index in [2.05, 4.69) is 25.5 Å². The molecule has 0 aliphatic carbocycles. The van der Waals surface area contributed by atoms with E-state index in [0.29, 0.717) is 0 Å². The van der Waals surface area contributed by atoms with Crippen molar-refractivity contribution in [2.75, 3.05) is 7.11 Å². The molecule has 11 heavy (non-hydrogen) atoms. The molecule has 0 aliphatic heterocycles. The second-order valence-electron chi connectivity index (χ2n) is 2.46. The van der Waals surface area contributed by atoms with Crippen LogP contribution >= 0.6 is 0 Å². The molecule has 1 rings (SSSR count). The third-order valence-corrected chi connectivity index (χ3v) is 1.60. The quantitative estimate of drug-likeness (QED) is 0.600. The van der Waals surface area contributed by atoms with Crippen LogP contribution in [0, 0.1) is 6.42 Å². The molecule has 0 aliphatic rings. The van der Waals surface area contributed by atoms with E-state index in [9.17, 15) is 0 Å². The van der Waals surface area contributed by atoms with Crippen molar-refractivity contribution in [1.82, 2.24) is 0 Å². The highest BCUT2D eigenvalue weighted by atomic mass is 16.5. The van der Waals surface area contributed by atoms with E-state index in [1.807, 2.05) is 12.1 Å². The largest absolute Gasteiger partial charge is 0.497 e. The molecule has 0 N–H and O–H groups in total. The summed E-state index contributed by atoms with van der Waals surface area (Å²) in [7, 11) is 1.68. The highest BCUT2D eigenvalue weighted by molar-refractivity contribution is 5.27. The molecule has 1 aromatic carbocycles. The van der Waals surface area contributed by atoms with Gasteiger partial charge in [0.25, 0.3) is 0 Å². The first-order valence-corrected chi connectivity index (χ1v) is 3.77.